The molecule has 1 aliphatic heterocycles. The van der Waals surface area contributed by atoms with Crippen molar-refractivity contribution in [2.75, 3.05) is 33.0 Å². The van der Waals surface area contributed by atoms with Crippen molar-refractivity contribution in [2.24, 2.45) is 22.9 Å². The van der Waals surface area contributed by atoms with E-state index in [9.17, 15) is 10.2 Å². The Morgan fingerprint density at radius 1 is 0.983 bits per heavy atom. The Morgan fingerprint density at radius 2 is 1.78 bits per heavy atom. The highest BCUT2D eigenvalue weighted by atomic mass is 16.7. The third-order valence-electron chi connectivity index (χ3n) is 12.4. The molecule has 1 fully saturated rings. The Labute approximate surface area is 354 Å². The second kappa shape index (κ2) is 20.0. The molecule has 1 saturated carbocycles. The van der Waals surface area contributed by atoms with Crippen molar-refractivity contribution in [3.63, 3.8) is 0 Å². The average Bonchev–Trinajstić information content (AvgIpc) is 3.27. The van der Waals surface area contributed by atoms with Crippen molar-refractivity contribution in [3.8, 4) is 11.5 Å². The van der Waals surface area contributed by atoms with Crippen LogP contribution in [0.2, 0.25) is 0 Å². The molecular formula is C50H61N3O7. The number of benzene rings is 3. The summed E-state index contributed by atoms with van der Waals surface area (Å²) in [5, 5.41) is 26.8. The first-order valence-corrected chi connectivity index (χ1v) is 21.9. The molecule has 6 atom stereocenters. The molecule has 0 spiro atoms. The van der Waals surface area contributed by atoms with Gasteiger partial charge in [0.05, 0.1) is 23.9 Å². The van der Waals surface area contributed by atoms with Crippen molar-refractivity contribution < 1.29 is 34.1 Å². The van der Waals surface area contributed by atoms with E-state index in [-0.39, 0.29) is 43.5 Å². The fourth-order valence-electron chi connectivity index (χ4n) is 9.85. The molecule has 1 aromatic heterocycles. The summed E-state index contributed by atoms with van der Waals surface area (Å²) in [6, 6.07) is 25.4. The number of nitrogens with zero attached hydrogens (tertiary/aromatic N) is 3. The molecule has 4 aromatic rings. The molecule has 0 radical (unpaired) electrons. The number of hydrogen-bond acceptors (Lipinski definition) is 9. The fourth-order valence-corrected chi connectivity index (χ4v) is 9.85. The molecule has 60 heavy (non-hydrogen) atoms. The van der Waals surface area contributed by atoms with Gasteiger partial charge in [0.1, 0.15) is 30.8 Å². The molecule has 0 bridgehead atoms. The Bertz CT molecular complexity index is 2170. The zero-order valence-electron chi connectivity index (χ0n) is 35.4. The van der Waals surface area contributed by atoms with Gasteiger partial charge in [-0.1, -0.05) is 73.5 Å². The van der Waals surface area contributed by atoms with Crippen molar-refractivity contribution in [2.45, 2.75) is 96.5 Å². The molecule has 2 N–H and O–H groups in total. The standard InChI is InChI=1S/C50H61N3O7/c1-5-25-53(49(56)38-22-21-35-16-8-9-17-36(35)29-38)46-32-44(52-59-7-3)42-30-37(18-10-12-26-54)41(20-11-13-27-55)47-43-31-40(57-33-39-19-14-15-34(4)51-39)23-24-45(43)60-50(46,48(42)47)58-28-6-2/h6,8-9,14-17,19,21-24,29-31,37,41,46-48,54-55H,2,5,7,10-13,18,20,25-28,32-33H2,1,3-4H3/t37-,41+,46-,47+,48+,50+/m0/s1. The number of pyridine rings is 1. The zero-order valence-corrected chi connectivity index (χ0v) is 35.4. The molecule has 0 saturated heterocycles. The van der Waals surface area contributed by atoms with Crippen LogP contribution in [0, 0.1) is 24.7 Å². The lowest BCUT2D eigenvalue weighted by Gasteiger charge is -2.60. The quantitative estimate of drug-likeness (QED) is 0.0515. The van der Waals surface area contributed by atoms with E-state index >= 15 is 4.79 Å². The SMILES string of the molecule is C=CCO[C@@]12Oc3ccc(OCc4cccc(C)n4)cc3[C@H]3[C@H](CCCCO)[C@@H](CCCCO)C=C(C(=NOCC)C[C@@H]1N(CCC)C(=O)c1ccc4ccccc4c1)[C@H]32. The van der Waals surface area contributed by atoms with E-state index < -0.39 is 17.7 Å². The summed E-state index contributed by atoms with van der Waals surface area (Å²) in [6.45, 7) is 11.7. The van der Waals surface area contributed by atoms with E-state index in [1.54, 1.807) is 6.08 Å². The number of rotatable bonds is 20. The summed E-state index contributed by atoms with van der Waals surface area (Å²) in [6.07, 6.45) is 9.99. The number of aromatic nitrogens is 1. The van der Waals surface area contributed by atoms with Gasteiger partial charge in [-0.3, -0.25) is 9.78 Å². The van der Waals surface area contributed by atoms with E-state index in [1.807, 2.05) is 85.5 Å². The molecule has 2 heterocycles. The van der Waals surface area contributed by atoms with Gasteiger partial charge in [-0.25, -0.2) is 0 Å². The molecule has 10 heteroatoms. The number of amides is 1. The second-order valence-corrected chi connectivity index (χ2v) is 16.3. The van der Waals surface area contributed by atoms with Crippen LogP contribution in [0.4, 0.5) is 0 Å². The predicted octanol–water partition coefficient (Wildman–Crippen LogP) is 9.33. The number of carbonyl (C=O) groups is 1. The molecule has 318 valence electrons. The van der Waals surface area contributed by atoms with E-state index in [1.165, 1.54) is 0 Å². The summed E-state index contributed by atoms with van der Waals surface area (Å²) in [5.41, 5.74) is 5.17. The minimum absolute atomic E-state index is 0.103. The molecule has 0 unspecified atom stereocenters. The maximum Gasteiger partial charge on any atom is 0.254 e. The van der Waals surface area contributed by atoms with Crippen LogP contribution >= 0.6 is 0 Å². The molecule has 3 aliphatic rings. The highest BCUT2D eigenvalue weighted by molar-refractivity contribution is 6.04. The molecule has 7 rings (SSSR count). The highest BCUT2D eigenvalue weighted by Crippen LogP contribution is 2.62. The summed E-state index contributed by atoms with van der Waals surface area (Å²) < 4.78 is 21.0. The first-order chi connectivity index (χ1) is 29.3. The molecule has 10 nitrogen and oxygen atoms in total. The van der Waals surface area contributed by atoms with Crippen molar-refractivity contribution >= 4 is 22.4 Å². The Balaban J connectivity index is 1.42. The minimum atomic E-state index is -1.33. The van der Waals surface area contributed by atoms with Crippen molar-refractivity contribution in [1.82, 2.24) is 9.88 Å². The summed E-state index contributed by atoms with van der Waals surface area (Å²) >= 11 is 0. The van der Waals surface area contributed by atoms with Crippen LogP contribution in [0.1, 0.15) is 98.4 Å². The number of aliphatic hydroxyl groups excluding tert-OH is 2. The Morgan fingerprint density at radius 3 is 2.53 bits per heavy atom. The van der Waals surface area contributed by atoms with Crippen LogP contribution in [0.3, 0.4) is 0 Å². The zero-order chi connectivity index (χ0) is 42.1. The van der Waals surface area contributed by atoms with Gasteiger partial charge >= 0.3 is 0 Å². The lowest BCUT2D eigenvalue weighted by atomic mass is 9.55. The number of carbonyl (C=O) groups excluding carboxylic acids is 1. The van der Waals surface area contributed by atoms with E-state index in [0.717, 1.165) is 64.7 Å². The minimum Gasteiger partial charge on any atom is -0.487 e. The van der Waals surface area contributed by atoms with Gasteiger partial charge in [0, 0.05) is 48.9 Å². The average molecular weight is 816 g/mol. The lowest BCUT2D eigenvalue weighted by Crippen LogP contribution is -2.70. The van der Waals surface area contributed by atoms with E-state index in [4.69, 9.17) is 24.2 Å². The number of unbranched alkanes of at least 4 members (excludes halogenated alkanes) is 2. The van der Waals surface area contributed by atoms with Crippen LogP contribution in [0.15, 0.2) is 108 Å². The van der Waals surface area contributed by atoms with E-state index in [2.05, 4.69) is 36.7 Å². The third kappa shape index (κ3) is 9.02. The predicted molar refractivity (Wildman–Crippen MR) is 235 cm³/mol. The first-order valence-electron chi connectivity index (χ1n) is 21.9. The van der Waals surface area contributed by atoms with Crippen LogP contribution in [-0.2, 0) is 16.2 Å². The number of allylic oxidation sites excluding steroid dienone is 1. The van der Waals surface area contributed by atoms with Gasteiger partial charge in [-0.2, -0.15) is 0 Å². The molecular weight excluding hydrogens is 755 g/mol. The van der Waals surface area contributed by atoms with Crippen molar-refractivity contribution in [1.29, 1.82) is 0 Å². The maximum atomic E-state index is 15.1. The number of aryl methyl sites for hydroxylation is 1. The summed E-state index contributed by atoms with van der Waals surface area (Å²) in [4.78, 5) is 27.6. The van der Waals surface area contributed by atoms with Crippen LogP contribution in [0.25, 0.3) is 10.8 Å². The number of fused-ring (bicyclic) bond motifs is 3. The Hall–Kier alpha value is -5.03. The number of hydrogen-bond donors (Lipinski definition) is 2. The number of aliphatic hydroxyl groups is 2. The summed E-state index contributed by atoms with van der Waals surface area (Å²) in [7, 11) is 0. The van der Waals surface area contributed by atoms with Crippen LogP contribution in [-0.4, -0.2) is 76.5 Å². The largest absolute Gasteiger partial charge is 0.487 e. The monoisotopic (exact) mass is 815 g/mol. The lowest BCUT2D eigenvalue weighted by molar-refractivity contribution is -0.254. The summed E-state index contributed by atoms with van der Waals surface area (Å²) in [5.74, 6) is -0.344. The van der Waals surface area contributed by atoms with Gasteiger partial charge in [0.2, 0.25) is 5.79 Å². The van der Waals surface area contributed by atoms with Gasteiger partial charge in [-0.15, -0.1) is 6.58 Å². The normalized spacial score (nSPS) is 23.6. The smallest absolute Gasteiger partial charge is 0.254 e. The molecule has 3 aromatic carbocycles. The van der Waals surface area contributed by atoms with Crippen LogP contribution < -0.4 is 9.47 Å². The second-order valence-electron chi connectivity index (χ2n) is 16.3. The first kappa shape index (κ1) is 43.1. The number of ether oxygens (including phenoxy) is 3. The molecule has 1 amide bonds. The van der Waals surface area contributed by atoms with Gasteiger partial charge in [0.25, 0.3) is 5.91 Å². The van der Waals surface area contributed by atoms with E-state index in [0.29, 0.717) is 62.5 Å². The highest BCUT2D eigenvalue weighted by Gasteiger charge is 2.65. The topological polar surface area (TPSA) is 123 Å². The fraction of sp³-hybridized carbons (Fsp3) is 0.460. The maximum absolute atomic E-state index is 15.1. The van der Waals surface area contributed by atoms with Gasteiger partial charge in [-0.05, 0) is 117 Å². The van der Waals surface area contributed by atoms with Gasteiger partial charge < -0.3 is 34.2 Å². The number of oxime groups is 1. The van der Waals surface area contributed by atoms with Gasteiger partial charge in [0.15, 0.2) is 0 Å². The third-order valence-corrected chi connectivity index (χ3v) is 12.4. The Kier molecular flexibility index (Phi) is 14.4. The van der Waals surface area contributed by atoms with Crippen molar-refractivity contribution in [3.05, 3.63) is 126 Å². The van der Waals surface area contributed by atoms with Crippen LogP contribution in [0.5, 0.6) is 11.5 Å². The molecule has 2 aliphatic carbocycles.